The molecule has 4 nitrogen and oxygen atoms in total. The van der Waals surface area contributed by atoms with Crippen LogP contribution in [0.5, 0.6) is 0 Å². The maximum Gasteiger partial charge on any atom is 0.303 e. The van der Waals surface area contributed by atoms with Crippen LogP contribution in [0.4, 0.5) is 0 Å². The first-order valence-electron chi connectivity index (χ1n) is 5.82. The molecule has 0 saturated carbocycles. The lowest BCUT2D eigenvalue weighted by Gasteiger charge is -2.13. The predicted molar refractivity (Wildman–Crippen MR) is 62.9 cm³/mol. The summed E-state index contributed by atoms with van der Waals surface area (Å²) in [6, 6.07) is 0. The van der Waals surface area contributed by atoms with E-state index in [4.69, 9.17) is 9.84 Å². The van der Waals surface area contributed by atoms with Crippen LogP contribution in [0, 0.1) is 0 Å². The predicted octanol–water partition coefficient (Wildman–Crippen LogP) is 1.56. The van der Waals surface area contributed by atoms with E-state index in [0.29, 0.717) is 12.2 Å². The zero-order valence-corrected chi connectivity index (χ0v) is 10.5. The van der Waals surface area contributed by atoms with Crippen LogP contribution in [0.2, 0.25) is 0 Å². The van der Waals surface area contributed by atoms with Gasteiger partial charge in [0.2, 0.25) is 0 Å². The summed E-state index contributed by atoms with van der Waals surface area (Å²) in [5.74, 6) is -0.0724. The topological polar surface area (TPSA) is 63.6 Å². The van der Waals surface area contributed by atoms with E-state index in [1.165, 1.54) is 0 Å². The van der Waals surface area contributed by atoms with Gasteiger partial charge in [-0.3, -0.25) is 9.00 Å². The van der Waals surface area contributed by atoms with Crippen molar-refractivity contribution in [3.63, 3.8) is 0 Å². The Kier molecular flexibility index (Phi) is 5.98. The first kappa shape index (κ1) is 13.6. The van der Waals surface area contributed by atoms with Gasteiger partial charge in [-0.25, -0.2) is 0 Å². The average molecular weight is 248 g/mol. The Bertz CT molecular complexity index is 254. The molecule has 0 amide bonds. The number of carbonyl (C=O) groups is 1. The largest absolute Gasteiger partial charge is 0.481 e. The van der Waals surface area contributed by atoms with Gasteiger partial charge in [0.25, 0.3) is 0 Å². The summed E-state index contributed by atoms with van der Waals surface area (Å²) in [6.45, 7) is 2.69. The molecular formula is C11H20O4S. The standard InChI is InChI=1S/C11H20O4S/c1-9-10(6-7-15-9)16(14)8-4-2-3-5-11(12)13/h9-10H,2-8H2,1H3,(H,12,13). The molecule has 1 rings (SSSR count). The van der Waals surface area contributed by atoms with Gasteiger partial charge < -0.3 is 9.84 Å². The minimum absolute atomic E-state index is 0.111. The second kappa shape index (κ2) is 7.01. The van der Waals surface area contributed by atoms with Gasteiger partial charge in [0.15, 0.2) is 0 Å². The summed E-state index contributed by atoms with van der Waals surface area (Å²) in [7, 11) is -0.812. The Balaban J connectivity index is 2.08. The fourth-order valence-corrected chi connectivity index (χ4v) is 3.56. The highest BCUT2D eigenvalue weighted by atomic mass is 32.2. The third-order valence-electron chi connectivity index (χ3n) is 2.88. The molecule has 16 heavy (non-hydrogen) atoms. The van der Waals surface area contributed by atoms with Gasteiger partial charge >= 0.3 is 5.97 Å². The van der Waals surface area contributed by atoms with E-state index in [1.807, 2.05) is 6.92 Å². The molecule has 0 radical (unpaired) electrons. The molecule has 0 aromatic carbocycles. The summed E-state index contributed by atoms with van der Waals surface area (Å²) in [5.41, 5.74) is 0. The number of hydrogen-bond donors (Lipinski definition) is 1. The van der Waals surface area contributed by atoms with Crippen molar-refractivity contribution in [3.05, 3.63) is 0 Å². The first-order chi connectivity index (χ1) is 7.61. The quantitative estimate of drug-likeness (QED) is 0.694. The molecule has 0 bridgehead atoms. The van der Waals surface area contributed by atoms with E-state index in [9.17, 15) is 9.00 Å². The number of rotatable bonds is 7. The van der Waals surface area contributed by atoms with Crippen LogP contribution in [-0.2, 0) is 20.3 Å². The van der Waals surface area contributed by atoms with Gasteiger partial charge in [0, 0.05) is 29.6 Å². The normalized spacial score (nSPS) is 26.8. The summed E-state index contributed by atoms with van der Waals surface area (Å²) < 4.78 is 17.2. The Morgan fingerprint density at radius 1 is 1.44 bits per heavy atom. The highest BCUT2D eigenvalue weighted by molar-refractivity contribution is 7.85. The molecule has 0 aromatic heterocycles. The molecular weight excluding hydrogens is 228 g/mol. The van der Waals surface area contributed by atoms with Crippen molar-refractivity contribution < 1.29 is 18.8 Å². The molecule has 1 fully saturated rings. The summed E-state index contributed by atoms with van der Waals surface area (Å²) in [4.78, 5) is 10.3. The monoisotopic (exact) mass is 248 g/mol. The van der Waals surface area contributed by atoms with E-state index in [-0.39, 0.29) is 17.8 Å². The number of unbranched alkanes of at least 4 members (excludes halogenated alkanes) is 2. The Morgan fingerprint density at radius 2 is 2.19 bits per heavy atom. The number of carboxylic acids is 1. The van der Waals surface area contributed by atoms with E-state index in [1.54, 1.807) is 0 Å². The lowest BCUT2D eigenvalue weighted by Crippen LogP contribution is -2.24. The molecule has 3 unspecified atom stereocenters. The lowest BCUT2D eigenvalue weighted by atomic mass is 10.2. The van der Waals surface area contributed by atoms with E-state index >= 15 is 0 Å². The van der Waals surface area contributed by atoms with Crippen molar-refractivity contribution in [2.45, 2.75) is 50.4 Å². The summed E-state index contributed by atoms with van der Waals surface area (Å²) in [5, 5.41) is 8.63. The van der Waals surface area contributed by atoms with Crippen molar-refractivity contribution in [1.82, 2.24) is 0 Å². The van der Waals surface area contributed by atoms with Gasteiger partial charge in [-0.2, -0.15) is 0 Å². The molecule has 0 aromatic rings. The molecule has 3 atom stereocenters. The summed E-state index contributed by atoms with van der Waals surface area (Å²) >= 11 is 0. The van der Waals surface area contributed by atoms with Gasteiger partial charge in [-0.05, 0) is 26.2 Å². The van der Waals surface area contributed by atoms with Gasteiger partial charge in [0.1, 0.15) is 0 Å². The maximum atomic E-state index is 11.9. The highest BCUT2D eigenvalue weighted by Crippen LogP contribution is 2.19. The van der Waals surface area contributed by atoms with E-state index < -0.39 is 16.8 Å². The zero-order valence-electron chi connectivity index (χ0n) is 9.68. The van der Waals surface area contributed by atoms with Crippen molar-refractivity contribution >= 4 is 16.8 Å². The molecule has 1 N–H and O–H groups in total. The van der Waals surface area contributed by atoms with Gasteiger partial charge in [-0.1, -0.05) is 6.42 Å². The minimum Gasteiger partial charge on any atom is -0.481 e. The zero-order chi connectivity index (χ0) is 12.0. The molecule has 1 aliphatic rings. The van der Waals surface area contributed by atoms with Crippen LogP contribution >= 0.6 is 0 Å². The molecule has 1 saturated heterocycles. The fraction of sp³-hybridized carbons (Fsp3) is 0.909. The number of aliphatic carboxylic acids is 1. The Labute approximate surface area is 98.8 Å². The van der Waals surface area contributed by atoms with Crippen molar-refractivity contribution in [2.24, 2.45) is 0 Å². The first-order valence-corrected chi connectivity index (χ1v) is 7.20. The molecule has 1 aliphatic heterocycles. The van der Waals surface area contributed by atoms with Crippen LogP contribution in [0.15, 0.2) is 0 Å². The summed E-state index contributed by atoms with van der Waals surface area (Å²) in [6.07, 6.45) is 3.60. The third kappa shape index (κ3) is 4.61. The van der Waals surface area contributed by atoms with Crippen molar-refractivity contribution in [2.75, 3.05) is 12.4 Å². The van der Waals surface area contributed by atoms with E-state index in [0.717, 1.165) is 25.9 Å². The Hall–Kier alpha value is -0.420. The SMILES string of the molecule is CC1OCCC1S(=O)CCCCCC(=O)O. The number of ether oxygens (including phenoxy) is 1. The van der Waals surface area contributed by atoms with Gasteiger partial charge in [-0.15, -0.1) is 0 Å². The molecule has 0 aliphatic carbocycles. The maximum absolute atomic E-state index is 11.9. The average Bonchev–Trinajstić information content (AvgIpc) is 2.63. The van der Waals surface area contributed by atoms with Crippen molar-refractivity contribution in [3.8, 4) is 0 Å². The number of carboxylic acid groups (broad SMARTS) is 1. The Morgan fingerprint density at radius 3 is 2.75 bits per heavy atom. The number of hydrogen-bond acceptors (Lipinski definition) is 3. The minimum atomic E-state index is -0.812. The smallest absolute Gasteiger partial charge is 0.303 e. The molecule has 0 spiro atoms. The molecule has 5 heteroatoms. The second-order valence-corrected chi connectivity index (χ2v) is 5.97. The van der Waals surface area contributed by atoms with Crippen LogP contribution in [0.1, 0.15) is 39.0 Å². The fourth-order valence-electron chi connectivity index (χ4n) is 1.91. The van der Waals surface area contributed by atoms with Crippen LogP contribution in [0.3, 0.4) is 0 Å². The highest BCUT2D eigenvalue weighted by Gasteiger charge is 2.28. The van der Waals surface area contributed by atoms with Crippen LogP contribution in [-0.4, -0.2) is 39.0 Å². The van der Waals surface area contributed by atoms with E-state index in [2.05, 4.69) is 0 Å². The van der Waals surface area contributed by atoms with Gasteiger partial charge in [0.05, 0.1) is 11.4 Å². The van der Waals surface area contributed by atoms with Crippen molar-refractivity contribution in [1.29, 1.82) is 0 Å². The molecule has 1 heterocycles. The molecule has 94 valence electrons. The van der Waals surface area contributed by atoms with Crippen LogP contribution in [0.25, 0.3) is 0 Å². The third-order valence-corrected chi connectivity index (χ3v) is 4.87. The van der Waals surface area contributed by atoms with Crippen LogP contribution < -0.4 is 0 Å². The second-order valence-electron chi connectivity index (χ2n) is 4.19. The lowest BCUT2D eigenvalue weighted by molar-refractivity contribution is -0.137.